The Morgan fingerprint density at radius 1 is 1.09 bits per heavy atom. The Kier molecular flexibility index (Phi) is 33.6. The van der Waals surface area contributed by atoms with E-state index >= 15 is 0 Å². The van der Waals surface area contributed by atoms with Gasteiger partial charge in [-0.25, -0.2) is 0 Å². The summed E-state index contributed by atoms with van der Waals surface area (Å²) in [5, 5.41) is 0. The first kappa shape index (κ1) is 22.4. The fraction of sp³-hybridized carbons (Fsp3) is 0.625. The van der Waals surface area contributed by atoms with Gasteiger partial charge in [0.15, 0.2) is 0 Å². The first-order valence-corrected chi connectivity index (χ1v) is 2.97. The molecule has 0 aliphatic carbocycles. The summed E-state index contributed by atoms with van der Waals surface area (Å²) in [5.74, 6) is 0.421. The Labute approximate surface area is 81.9 Å². The predicted molar refractivity (Wildman–Crippen MR) is 43.7 cm³/mol. The summed E-state index contributed by atoms with van der Waals surface area (Å²) < 4.78 is 0. The van der Waals surface area contributed by atoms with Gasteiger partial charge in [-0.2, -0.15) is 0 Å². The van der Waals surface area contributed by atoms with Gasteiger partial charge < -0.3 is 17.0 Å². The van der Waals surface area contributed by atoms with Gasteiger partial charge in [-0.15, -0.1) is 0 Å². The molecule has 0 heterocycles. The van der Waals surface area contributed by atoms with E-state index in [0.717, 1.165) is 0 Å². The van der Waals surface area contributed by atoms with Crippen molar-refractivity contribution in [2.24, 2.45) is 0 Å². The summed E-state index contributed by atoms with van der Waals surface area (Å²) >= 11 is 0. The molecule has 0 aromatic carbocycles. The number of hydrogen-bond acceptors (Lipinski definition) is 2. The molecule has 0 fully saturated rings. The summed E-state index contributed by atoms with van der Waals surface area (Å²) in [4.78, 5) is 19.3. The largest absolute Gasteiger partial charge is 1.00 e. The molecule has 0 aliphatic heterocycles. The Bertz CT molecular complexity index is 96.3. The number of rotatable bonds is 1. The molecule has 0 saturated heterocycles. The molecule has 0 atom stereocenters. The summed E-state index contributed by atoms with van der Waals surface area (Å²) in [6.07, 6.45) is 0.667. The first-order chi connectivity index (χ1) is 4.00. The average Bonchev–Trinajstić information content (AvgIpc) is 1.65. The number of hydrogen-bond donors (Lipinski definition) is 0. The quantitative estimate of drug-likeness (QED) is 0.358. The van der Waals surface area contributed by atoms with Crippen molar-refractivity contribution in [3.05, 3.63) is 7.43 Å². The smallest absolute Gasteiger partial charge is 0.358 e. The maximum atomic E-state index is 9.81. The standard InChI is InChI=1S/C4H8O.C3H6O.CH3.Li/c1-3-4(2)5;1-3(2)4;;/h3H2,1-2H3;1-2H3;1H3;/q;;-1;+1. The van der Waals surface area contributed by atoms with Gasteiger partial charge in [-0.3, -0.25) is 0 Å². The van der Waals surface area contributed by atoms with Crippen LogP contribution >= 0.6 is 0 Å². The second-order valence-corrected chi connectivity index (χ2v) is 1.96. The molecule has 0 bridgehead atoms. The van der Waals surface area contributed by atoms with E-state index in [1.54, 1.807) is 6.92 Å². The number of carbonyl (C=O) groups is 2. The van der Waals surface area contributed by atoms with Gasteiger partial charge in [0.05, 0.1) is 0 Å². The summed E-state index contributed by atoms with van der Waals surface area (Å²) in [5.41, 5.74) is 0. The zero-order valence-corrected chi connectivity index (χ0v) is 8.52. The normalized spacial score (nSPS) is 5.82. The van der Waals surface area contributed by atoms with Crippen LogP contribution in [0.2, 0.25) is 0 Å². The van der Waals surface area contributed by atoms with E-state index in [-0.39, 0.29) is 37.9 Å². The maximum Gasteiger partial charge on any atom is 1.00 e. The van der Waals surface area contributed by atoms with Crippen LogP contribution in [0.4, 0.5) is 0 Å². The van der Waals surface area contributed by atoms with E-state index in [4.69, 9.17) is 0 Å². The molecule has 0 saturated carbocycles. The molecule has 0 N–H and O–H groups in total. The number of carbonyl (C=O) groups excluding carboxylic acids is 2. The second kappa shape index (κ2) is 16.5. The number of Topliss-reactive ketones (excluding diaryl/α,β-unsaturated/α-hetero) is 2. The van der Waals surface area contributed by atoms with Gasteiger partial charge in [-0.05, 0) is 20.8 Å². The van der Waals surface area contributed by atoms with Crippen molar-refractivity contribution < 1.29 is 28.4 Å². The Morgan fingerprint density at radius 3 is 1.18 bits per heavy atom. The van der Waals surface area contributed by atoms with Gasteiger partial charge >= 0.3 is 18.9 Å². The van der Waals surface area contributed by atoms with Crippen molar-refractivity contribution in [3.8, 4) is 0 Å². The van der Waals surface area contributed by atoms with Crippen LogP contribution in [-0.2, 0) is 9.59 Å². The fourth-order valence-corrected chi connectivity index (χ4v) is 0. The molecular formula is C8H17LiO2. The van der Waals surface area contributed by atoms with Gasteiger partial charge in [-0.1, -0.05) is 6.92 Å². The van der Waals surface area contributed by atoms with Crippen molar-refractivity contribution in [2.75, 3.05) is 0 Å². The summed E-state index contributed by atoms with van der Waals surface area (Å²) in [7, 11) is 0. The molecule has 0 unspecified atom stereocenters. The third-order valence-electron chi connectivity index (χ3n) is 0.498. The van der Waals surface area contributed by atoms with Crippen LogP contribution in [0.1, 0.15) is 34.1 Å². The topological polar surface area (TPSA) is 34.1 Å². The van der Waals surface area contributed by atoms with E-state index < -0.39 is 0 Å². The second-order valence-electron chi connectivity index (χ2n) is 1.96. The predicted octanol–water partition coefficient (Wildman–Crippen LogP) is -0.965. The molecule has 0 rings (SSSR count). The molecular weight excluding hydrogens is 135 g/mol. The molecule has 0 aromatic heterocycles. The Morgan fingerprint density at radius 2 is 1.18 bits per heavy atom. The molecule has 0 aliphatic rings. The van der Waals surface area contributed by atoms with Gasteiger partial charge in [0.1, 0.15) is 11.6 Å². The monoisotopic (exact) mass is 152 g/mol. The summed E-state index contributed by atoms with van der Waals surface area (Å²) in [6.45, 7) is 6.49. The molecule has 62 valence electrons. The van der Waals surface area contributed by atoms with Gasteiger partial charge in [0, 0.05) is 6.42 Å². The van der Waals surface area contributed by atoms with Crippen LogP contribution in [0.25, 0.3) is 0 Å². The van der Waals surface area contributed by atoms with Crippen molar-refractivity contribution in [1.29, 1.82) is 0 Å². The van der Waals surface area contributed by atoms with Crippen molar-refractivity contribution in [3.63, 3.8) is 0 Å². The SMILES string of the molecule is CC(C)=O.CCC(C)=O.[CH3-].[Li+]. The van der Waals surface area contributed by atoms with Gasteiger partial charge in [0.2, 0.25) is 0 Å². The van der Waals surface area contributed by atoms with Crippen molar-refractivity contribution in [1.82, 2.24) is 0 Å². The zero-order valence-electron chi connectivity index (χ0n) is 8.52. The van der Waals surface area contributed by atoms with Crippen LogP contribution in [0, 0.1) is 7.43 Å². The van der Waals surface area contributed by atoms with E-state index in [0.29, 0.717) is 6.42 Å². The van der Waals surface area contributed by atoms with E-state index in [2.05, 4.69) is 0 Å². The maximum absolute atomic E-state index is 9.81. The van der Waals surface area contributed by atoms with Crippen molar-refractivity contribution >= 4 is 11.6 Å². The minimum absolute atomic E-state index is 0. The van der Waals surface area contributed by atoms with Crippen LogP contribution in [0.15, 0.2) is 0 Å². The molecule has 3 heteroatoms. The summed E-state index contributed by atoms with van der Waals surface area (Å²) in [6, 6.07) is 0. The van der Waals surface area contributed by atoms with E-state index in [1.807, 2.05) is 6.92 Å². The van der Waals surface area contributed by atoms with Crippen LogP contribution in [0.5, 0.6) is 0 Å². The van der Waals surface area contributed by atoms with Crippen LogP contribution in [0.3, 0.4) is 0 Å². The minimum Gasteiger partial charge on any atom is -0.358 e. The molecule has 0 amide bonds. The van der Waals surface area contributed by atoms with Gasteiger partial charge in [0.25, 0.3) is 0 Å². The zero-order chi connectivity index (χ0) is 7.86. The van der Waals surface area contributed by atoms with Crippen LogP contribution in [-0.4, -0.2) is 11.6 Å². The molecule has 11 heavy (non-hydrogen) atoms. The Balaban J connectivity index is -0.0000000383. The third kappa shape index (κ3) is 167. The molecule has 0 radical (unpaired) electrons. The third-order valence-corrected chi connectivity index (χ3v) is 0.498. The van der Waals surface area contributed by atoms with Crippen LogP contribution < -0.4 is 18.9 Å². The van der Waals surface area contributed by atoms with E-state index in [1.165, 1.54) is 13.8 Å². The average molecular weight is 152 g/mol. The molecule has 0 aromatic rings. The minimum atomic E-state index is 0. The van der Waals surface area contributed by atoms with E-state index in [9.17, 15) is 9.59 Å². The van der Waals surface area contributed by atoms with Crippen molar-refractivity contribution in [2.45, 2.75) is 34.1 Å². The number of ketones is 2. The first-order valence-electron chi connectivity index (χ1n) is 2.97. The molecule has 0 spiro atoms. The molecule has 2 nitrogen and oxygen atoms in total. The fourth-order valence-electron chi connectivity index (χ4n) is 0. The Hall–Kier alpha value is -0.0626.